The minimum absolute atomic E-state index is 0.185. The van der Waals surface area contributed by atoms with Gasteiger partial charge in [0.05, 0.1) is 6.61 Å². The number of hydrogen-bond acceptors (Lipinski definition) is 3. The first-order chi connectivity index (χ1) is 10.2. The summed E-state index contributed by atoms with van der Waals surface area (Å²) in [5.41, 5.74) is 3.54. The van der Waals surface area contributed by atoms with Gasteiger partial charge in [-0.25, -0.2) is 0 Å². The van der Waals surface area contributed by atoms with Crippen LogP contribution >= 0.6 is 0 Å². The van der Waals surface area contributed by atoms with Gasteiger partial charge in [-0.1, -0.05) is 31.5 Å². The molecule has 2 rings (SSSR count). The van der Waals surface area contributed by atoms with E-state index in [2.05, 4.69) is 36.5 Å². The van der Waals surface area contributed by atoms with E-state index in [1.54, 1.807) is 6.07 Å². The SMILES string of the molecule is CCCc1ccc(NCc2ccc(O)c(OCC)c2)cc1. The molecule has 0 amide bonds. The Labute approximate surface area is 126 Å². The second-order valence-corrected chi connectivity index (χ2v) is 5.04. The van der Waals surface area contributed by atoms with Crippen molar-refractivity contribution in [3.8, 4) is 11.5 Å². The summed E-state index contributed by atoms with van der Waals surface area (Å²) in [5.74, 6) is 0.722. The van der Waals surface area contributed by atoms with Crippen molar-refractivity contribution in [3.63, 3.8) is 0 Å². The van der Waals surface area contributed by atoms with Gasteiger partial charge in [0.25, 0.3) is 0 Å². The van der Waals surface area contributed by atoms with Crippen molar-refractivity contribution in [1.29, 1.82) is 0 Å². The van der Waals surface area contributed by atoms with Gasteiger partial charge in [-0.3, -0.25) is 0 Å². The Morgan fingerprint density at radius 3 is 2.38 bits per heavy atom. The molecule has 0 saturated heterocycles. The van der Waals surface area contributed by atoms with Gasteiger partial charge in [-0.2, -0.15) is 0 Å². The Kier molecular flexibility index (Phi) is 5.50. The number of ether oxygens (including phenoxy) is 1. The van der Waals surface area contributed by atoms with E-state index in [1.807, 2.05) is 19.1 Å². The van der Waals surface area contributed by atoms with E-state index < -0.39 is 0 Å². The van der Waals surface area contributed by atoms with Crippen LogP contribution in [0.5, 0.6) is 11.5 Å². The molecule has 0 bridgehead atoms. The second kappa shape index (κ2) is 7.58. The Morgan fingerprint density at radius 2 is 1.71 bits per heavy atom. The number of aryl methyl sites for hydroxylation is 1. The molecule has 0 spiro atoms. The summed E-state index contributed by atoms with van der Waals surface area (Å²) in [4.78, 5) is 0. The number of phenolic OH excluding ortho intramolecular Hbond substituents is 1. The third-order valence-corrected chi connectivity index (χ3v) is 3.31. The van der Waals surface area contributed by atoms with Crippen LogP contribution in [0.25, 0.3) is 0 Å². The maximum Gasteiger partial charge on any atom is 0.161 e. The van der Waals surface area contributed by atoms with Gasteiger partial charge in [0.1, 0.15) is 0 Å². The molecule has 0 aliphatic rings. The molecule has 3 nitrogen and oxygen atoms in total. The second-order valence-electron chi connectivity index (χ2n) is 5.04. The molecule has 0 aromatic heterocycles. The van der Waals surface area contributed by atoms with Crippen molar-refractivity contribution in [3.05, 3.63) is 53.6 Å². The molecule has 0 fully saturated rings. The first-order valence-electron chi connectivity index (χ1n) is 7.50. The van der Waals surface area contributed by atoms with Gasteiger partial charge >= 0.3 is 0 Å². The number of anilines is 1. The first-order valence-corrected chi connectivity index (χ1v) is 7.50. The molecule has 2 N–H and O–H groups in total. The van der Waals surface area contributed by atoms with Crippen molar-refractivity contribution in [2.45, 2.75) is 33.2 Å². The standard InChI is InChI=1S/C18H23NO2/c1-3-5-14-6-9-16(10-7-14)19-13-15-8-11-17(20)18(12-15)21-4-2/h6-12,19-20H,3-5,13H2,1-2H3. The molecular weight excluding hydrogens is 262 g/mol. The van der Waals surface area contributed by atoms with Gasteiger partial charge in [0.2, 0.25) is 0 Å². The highest BCUT2D eigenvalue weighted by molar-refractivity contribution is 5.47. The van der Waals surface area contributed by atoms with Crippen LogP contribution in [0.2, 0.25) is 0 Å². The van der Waals surface area contributed by atoms with E-state index >= 15 is 0 Å². The van der Waals surface area contributed by atoms with Crippen LogP contribution in [0.3, 0.4) is 0 Å². The fourth-order valence-corrected chi connectivity index (χ4v) is 2.22. The number of aromatic hydroxyl groups is 1. The van der Waals surface area contributed by atoms with Crippen LogP contribution in [0.4, 0.5) is 5.69 Å². The van der Waals surface area contributed by atoms with E-state index in [4.69, 9.17) is 4.74 Å². The van der Waals surface area contributed by atoms with Crippen molar-refractivity contribution < 1.29 is 9.84 Å². The molecule has 21 heavy (non-hydrogen) atoms. The summed E-state index contributed by atoms with van der Waals surface area (Å²) in [6.07, 6.45) is 2.29. The quantitative estimate of drug-likeness (QED) is 0.794. The number of nitrogens with one attached hydrogen (secondary N) is 1. The summed E-state index contributed by atoms with van der Waals surface area (Å²) < 4.78 is 5.39. The van der Waals surface area contributed by atoms with E-state index in [9.17, 15) is 5.11 Å². The van der Waals surface area contributed by atoms with Crippen LogP contribution in [0.1, 0.15) is 31.4 Å². The van der Waals surface area contributed by atoms with E-state index in [0.29, 0.717) is 18.9 Å². The van der Waals surface area contributed by atoms with Gasteiger partial charge < -0.3 is 15.2 Å². The molecule has 2 aromatic carbocycles. The van der Waals surface area contributed by atoms with E-state index in [-0.39, 0.29) is 5.75 Å². The molecule has 2 aromatic rings. The smallest absolute Gasteiger partial charge is 0.161 e. The predicted molar refractivity (Wildman–Crippen MR) is 87.0 cm³/mol. The number of benzene rings is 2. The minimum Gasteiger partial charge on any atom is -0.504 e. The van der Waals surface area contributed by atoms with Crippen LogP contribution in [-0.2, 0) is 13.0 Å². The molecule has 0 saturated carbocycles. The lowest BCUT2D eigenvalue weighted by molar-refractivity contribution is 0.318. The van der Waals surface area contributed by atoms with Gasteiger partial charge in [0, 0.05) is 12.2 Å². The Balaban J connectivity index is 1.97. The molecule has 3 heteroatoms. The monoisotopic (exact) mass is 285 g/mol. The Bertz CT molecular complexity index is 564. The van der Waals surface area contributed by atoms with Crippen LogP contribution in [0.15, 0.2) is 42.5 Å². The summed E-state index contributed by atoms with van der Waals surface area (Å²) in [7, 11) is 0. The normalized spacial score (nSPS) is 10.4. The number of hydrogen-bond donors (Lipinski definition) is 2. The predicted octanol–water partition coefficient (Wildman–Crippen LogP) is 4.36. The van der Waals surface area contributed by atoms with Crippen molar-refractivity contribution in [1.82, 2.24) is 0 Å². The van der Waals surface area contributed by atoms with Gasteiger partial charge in [-0.05, 0) is 48.7 Å². The van der Waals surface area contributed by atoms with Crippen LogP contribution in [-0.4, -0.2) is 11.7 Å². The molecule has 112 valence electrons. The van der Waals surface area contributed by atoms with Crippen LogP contribution < -0.4 is 10.1 Å². The topological polar surface area (TPSA) is 41.5 Å². The van der Waals surface area contributed by atoms with Gasteiger partial charge in [0.15, 0.2) is 11.5 Å². The Morgan fingerprint density at radius 1 is 1.00 bits per heavy atom. The zero-order valence-corrected chi connectivity index (χ0v) is 12.7. The third kappa shape index (κ3) is 4.42. The first kappa shape index (κ1) is 15.2. The minimum atomic E-state index is 0.185. The average molecular weight is 285 g/mol. The highest BCUT2D eigenvalue weighted by Crippen LogP contribution is 2.27. The maximum atomic E-state index is 9.69. The highest BCUT2D eigenvalue weighted by Gasteiger charge is 2.03. The Hall–Kier alpha value is -2.16. The lowest BCUT2D eigenvalue weighted by atomic mass is 10.1. The molecule has 0 radical (unpaired) electrons. The molecule has 0 heterocycles. The zero-order valence-electron chi connectivity index (χ0n) is 12.7. The van der Waals surface area contributed by atoms with Gasteiger partial charge in [-0.15, -0.1) is 0 Å². The number of rotatable bonds is 7. The lowest BCUT2D eigenvalue weighted by Gasteiger charge is -2.10. The maximum absolute atomic E-state index is 9.69. The van der Waals surface area contributed by atoms with E-state index in [1.165, 1.54) is 12.0 Å². The summed E-state index contributed by atoms with van der Waals surface area (Å²) in [6, 6.07) is 14.0. The third-order valence-electron chi connectivity index (χ3n) is 3.31. The van der Waals surface area contributed by atoms with Crippen molar-refractivity contribution in [2.24, 2.45) is 0 Å². The highest BCUT2D eigenvalue weighted by atomic mass is 16.5. The molecule has 0 aliphatic heterocycles. The fraction of sp³-hybridized carbons (Fsp3) is 0.333. The fourth-order valence-electron chi connectivity index (χ4n) is 2.22. The molecular formula is C18H23NO2. The molecule has 0 unspecified atom stereocenters. The van der Waals surface area contributed by atoms with E-state index in [0.717, 1.165) is 17.7 Å². The van der Waals surface area contributed by atoms with Crippen molar-refractivity contribution in [2.75, 3.05) is 11.9 Å². The summed E-state index contributed by atoms with van der Waals surface area (Å²) in [5, 5.41) is 13.1. The van der Waals surface area contributed by atoms with Crippen molar-refractivity contribution >= 4 is 5.69 Å². The lowest BCUT2D eigenvalue weighted by Crippen LogP contribution is -2.00. The molecule has 0 aliphatic carbocycles. The van der Waals surface area contributed by atoms with Crippen LogP contribution in [0, 0.1) is 0 Å². The molecule has 0 atom stereocenters. The number of phenols is 1. The summed E-state index contributed by atoms with van der Waals surface area (Å²) >= 11 is 0. The zero-order chi connectivity index (χ0) is 15.1. The average Bonchev–Trinajstić information content (AvgIpc) is 2.50. The largest absolute Gasteiger partial charge is 0.504 e. The summed E-state index contributed by atoms with van der Waals surface area (Å²) in [6.45, 7) is 5.34.